The Balaban J connectivity index is 1.51. The molecule has 0 spiro atoms. The molecular weight excluding hydrogens is 440 g/mol. The fraction of sp³-hybridized carbons (Fsp3) is 0.296. The second kappa shape index (κ2) is 12.2. The first kappa shape index (κ1) is 24.5. The number of hydrogen-bond donors (Lipinski definition) is 0. The Bertz CT molecular complexity index is 1020. The third-order valence-electron chi connectivity index (χ3n) is 5.15. The Hall–Kier alpha value is -3.18. The predicted octanol–water partition coefficient (Wildman–Crippen LogP) is 7.04. The van der Waals surface area contributed by atoms with Gasteiger partial charge in [-0.1, -0.05) is 48.9 Å². The van der Waals surface area contributed by atoms with Crippen LogP contribution >= 0.6 is 11.6 Å². The normalized spacial score (nSPS) is 12.5. The summed E-state index contributed by atoms with van der Waals surface area (Å²) in [5.74, 6) is 2.56. The van der Waals surface area contributed by atoms with E-state index in [2.05, 4.69) is 0 Å². The molecule has 3 aromatic rings. The molecule has 33 heavy (non-hydrogen) atoms. The molecule has 0 saturated heterocycles. The number of ether oxygens (including phenoxy) is 4. The molecule has 2 atom stereocenters. The Morgan fingerprint density at radius 2 is 1.64 bits per heavy atom. The van der Waals surface area contributed by atoms with Crippen molar-refractivity contribution < 1.29 is 23.7 Å². The lowest BCUT2D eigenvalue weighted by Gasteiger charge is -2.18. The van der Waals surface area contributed by atoms with E-state index in [4.69, 9.17) is 30.5 Å². The van der Waals surface area contributed by atoms with Gasteiger partial charge in [-0.05, 0) is 54.8 Å². The molecular formula is C27H29ClO5. The van der Waals surface area contributed by atoms with E-state index in [0.29, 0.717) is 41.7 Å². The van der Waals surface area contributed by atoms with E-state index < -0.39 is 0 Å². The van der Waals surface area contributed by atoms with Crippen LogP contribution in [0.5, 0.6) is 23.0 Å². The van der Waals surface area contributed by atoms with Crippen LogP contribution in [0.1, 0.15) is 38.2 Å². The number of carbonyl (C=O) groups excluding carboxylic acids is 1. The largest absolute Gasteiger partial charge is 0.493 e. The van der Waals surface area contributed by atoms with Crippen molar-refractivity contribution in [2.24, 2.45) is 0 Å². The van der Waals surface area contributed by atoms with E-state index in [1.165, 1.54) is 7.11 Å². The molecule has 0 aromatic heterocycles. The first-order chi connectivity index (χ1) is 15.9. The zero-order valence-corrected chi connectivity index (χ0v) is 19.9. The van der Waals surface area contributed by atoms with Crippen LogP contribution in [0.15, 0.2) is 72.8 Å². The molecule has 0 aliphatic rings. The van der Waals surface area contributed by atoms with E-state index >= 15 is 0 Å². The van der Waals surface area contributed by atoms with Crippen LogP contribution in [0.25, 0.3) is 0 Å². The van der Waals surface area contributed by atoms with Gasteiger partial charge in [-0.3, -0.25) is 4.79 Å². The highest BCUT2D eigenvalue weighted by Crippen LogP contribution is 2.35. The quantitative estimate of drug-likeness (QED) is 0.282. The molecule has 0 aliphatic heterocycles. The van der Waals surface area contributed by atoms with Crippen LogP contribution < -0.4 is 14.2 Å². The van der Waals surface area contributed by atoms with Gasteiger partial charge in [0.05, 0.1) is 26.2 Å². The maximum absolute atomic E-state index is 11.5. The highest BCUT2D eigenvalue weighted by Gasteiger charge is 2.13. The van der Waals surface area contributed by atoms with E-state index in [1.54, 1.807) is 12.1 Å². The van der Waals surface area contributed by atoms with E-state index in [9.17, 15) is 4.79 Å². The number of methoxy groups -OCH3 is 1. The SMILES string of the molecule is COC(=O)CC(C)c1ccc(OCC[C@@H](C)Oc2ccc(Cl)cc2Oc2ccccc2)cc1. The standard InChI is InChI=1S/C27H29ClO5/c1-19(17-27(29)30-3)21-9-12-23(13-10-21)31-16-15-20(2)32-25-14-11-22(28)18-26(25)33-24-7-5-4-6-8-24/h4-14,18-20H,15-17H2,1-3H3/t19?,20-/m1/s1. The van der Waals surface area contributed by atoms with Gasteiger partial charge < -0.3 is 18.9 Å². The summed E-state index contributed by atoms with van der Waals surface area (Å²) in [6, 6.07) is 22.6. The minimum absolute atomic E-state index is 0.0894. The minimum atomic E-state index is -0.213. The number of carbonyl (C=O) groups is 1. The molecule has 0 amide bonds. The van der Waals surface area contributed by atoms with Gasteiger partial charge in [0, 0.05) is 17.5 Å². The number of benzene rings is 3. The van der Waals surface area contributed by atoms with Crippen LogP contribution in [0.2, 0.25) is 5.02 Å². The monoisotopic (exact) mass is 468 g/mol. The molecule has 0 bridgehead atoms. The van der Waals surface area contributed by atoms with Crippen molar-refractivity contribution in [1.82, 2.24) is 0 Å². The van der Waals surface area contributed by atoms with Gasteiger partial charge in [-0.25, -0.2) is 0 Å². The number of rotatable bonds is 11. The minimum Gasteiger partial charge on any atom is -0.493 e. The van der Waals surface area contributed by atoms with Gasteiger partial charge in [0.25, 0.3) is 0 Å². The van der Waals surface area contributed by atoms with E-state index in [-0.39, 0.29) is 18.0 Å². The number of esters is 1. The summed E-state index contributed by atoms with van der Waals surface area (Å²) >= 11 is 6.16. The van der Waals surface area contributed by atoms with Gasteiger partial charge >= 0.3 is 5.97 Å². The van der Waals surface area contributed by atoms with Gasteiger partial charge in [0.2, 0.25) is 0 Å². The zero-order valence-electron chi connectivity index (χ0n) is 19.1. The predicted molar refractivity (Wildman–Crippen MR) is 130 cm³/mol. The lowest BCUT2D eigenvalue weighted by atomic mass is 9.98. The third-order valence-corrected chi connectivity index (χ3v) is 5.38. The topological polar surface area (TPSA) is 54.0 Å². The van der Waals surface area contributed by atoms with Crippen molar-refractivity contribution >= 4 is 17.6 Å². The van der Waals surface area contributed by atoms with Crippen molar-refractivity contribution in [2.75, 3.05) is 13.7 Å². The second-order valence-electron chi connectivity index (χ2n) is 7.82. The Morgan fingerprint density at radius 1 is 0.909 bits per heavy atom. The number of para-hydroxylation sites is 1. The van der Waals surface area contributed by atoms with Crippen LogP contribution in [0, 0.1) is 0 Å². The molecule has 0 N–H and O–H groups in total. The van der Waals surface area contributed by atoms with Crippen molar-refractivity contribution in [3.05, 3.63) is 83.4 Å². The maximum atomic E-state index is 11.5. The van der Waals surface area contributed by atoms with Gasteiger partial charge in [-0.2, -0.15) is 0 Å². The molecule has 5 nitrogen and oxygen atoms in total. The lowest BCUT2D eigenvalue weighted by molar-refractivity contribution is -0.140. The lowest BCUT2D eigenvalue weighted by Crippen LogP contribution is -2.16. The molecule has 0 radical (unpaired) electrons. The van der Waals surface area contributed by atoms with Crippen LogP contribution in [-0.2, 0) is 9.53 Å². The molecule has 0 saturated carbocycles. The average Bonchev–Trinajstić information content (AvgIpc) is 2.82. The summed E-state index contributed by atoms with van der Waals surface area (Å²) in [5, 5.41) is 0.577. The van der Waals surface area contributed by atoms with Crippen molar-refractivity contribution in [2.45, 2.75) is 38.7 Å². The summed E-state index contributed by atoms with van der Waals surface area (Å²) in [4.78, 5) is 11.5. The van der Waals surface area contributed by atoms with Crippen LogP contribution in [0.4, 0.5) is 0 Å². The number of halogens is 1. The third kappa shape index (κ3) is 7.72. The maximum Gasteiger partial charge on any atom is 0.306 e. The van der Waals surface area contributed by atoms with Crippen LogP contribution in [-0.4, -0.2) is 25.8 Å². The van der Waals surface area contributed by atoms with Crippen molar-refractivity contribution in [3.63, 3.8) is 0 Å². The second-order valence-corrected chi connectivity index (χ2v) is 8.26. The van der Waals surface area contributed by atoms with Gasteiger partial charge in [-0.15, -0.1) is 0 Å². The Labute approximate surface area is 200 Å². The Kier molecular flexibility index (Phi) is 9.02. The summed E-state index contributed by atoms with van der Waals surface area (Å²) in [6.45, 7) is 4.49. The molecule has 174 valence electrons. The summed E-state index contributed by atoms with van der Waals surface area (Å²) in [6.07, 6.45) is 0.948. The fourth-order valence-electron chi connectivity index (χ4n) is 3.24. The first-order valence-corrected chi connectivity index (χ1v) is 11.3. The molecule has 1 unspecified atom stereocenters. The fourth-order valence-corrected chi connectivity index (χ4v) is 3.40. The molecule has 0 fully saturated rings. The van der Waals surface area contributed by atoms with Gasteiger partial charge in [0.1, 0.15) is 11.5 Å². The van der Waals surface area contributed by atoms with Gasteiger partial charge in [0.15, 0.2) is 11.5 Å². The Morgan fingerprint density at radius 3 is 2.33 bits per heavy atom. The summed E-state index contributed by atoms with van der Waals surface area (Å²) in [5.41, 5.74) is 1.07. The molecule has 6 heteroatoms. The highest BCUT2D eigenvalue weighted by molar-refractivity contribution is 6.30. The van der Waals surface area contributed by atoms with E-state index in [0.717, 1.165) is 11.3 Å². The van der Waals surface area contributed by atoms with Crippen molar-refractivity contribution in [3.8, 4) is 23.0 Å². The molecule has 0 heterocycles. The smallest absolute Gasteiger partial charge is 0.306 e. The summed E-state index contributed by atoms with van der Waals surface area (Å²) in [7, 11) is 1.40. The molecule has 3 rings (SSSR count). The number of hydrogen-bond acceptors (Lipinski definition) is 5. The highest BCUT2D eigenvalue weighted by atomic mass is 35.5. The van der Waals surface area contributed by atoms with E-state index in [1.807, 2.05) is 74.5 Å². The average molecular weight is 469 g/mol. The molecule has 3 aromatic carbocycles. The molecule has 0 aliphatic carbocycles. The van der Waals surface area contributed by atoms with Crippen LogP contribution in [0.3, 0.4) is 0 Å². The zero-order chi connectivity index (χ0) is 23.6. The van der Waals surface area contributed by atoms with Crippen molar-refractivity contribution in [1.29, 1.82) is 0 Å². The summed E-state index contributed by atoms with van der Waals surface area (Å²) < 4.78 is 22.7. The first-order valence-electron chi connectivity index (χ1n) is 10.9.